The van der Waals surface area contributed by atoms with Crippen molar-refractivity contribution in [1.29, 1.82) is 0 Å². The Hall–Kier alpha value is -3.19. The molecule has 0 unspecified atom stereocenters. The lowest BCUT2D eigenvalue weighted by Gasteiger charge is -2.25. The number of ether oxygens (including phenoxy) is 1. The molecule has 0 fully saturated rings. The molecule has 3 rings (SSSR count). The van der Waals surface area contributed by atoms with E-state index in [0.717, 1.165) is 9.87 Å². The highest BCUT2D eigenvalue weighted by Gasteiger charge is 2.27. The van der Waals surface area contributed by atoms with Gasteiger partial charge in [0.05, 0.1) is 13.7 Å². The minimum atomic E-state index is -3.76. The highest BCUT2D eigenvalue weighted by Crippen LogP contribution is 2.24. The summed E-state index contributed by atoms with van der Waals surface area (Å²) in [6.45, 7) is 1.91. The number of thiazole rings is 1. The molecule has 0 radical (unpaired) electrons. The SMILES string of the molecule is COc1ccc([C@@H](O)C(=O)N(CCCc2cccc(F)c2)Cc2nc(C(=O)CS(=O)(=O)N(C)C)c(C)s2)cc1. The Kier molecular flexibility index (Phi) is 10.3. The van der Waals surface area contributed by atoms with Gasteiger partial charge in [-0.3, -0.25) is 9.59 Å². The molecule has 0 aliphatic carbocycles. The first kappa shape index (κ1) is 30.4. The molecular weight excluding hydrogens is 545 g/mol. The van der Waals surface area contributed by atoms with E-state index < -0.39 is 33.6 Å². The van der Waals surface area contributed by atoms with Gasteiger partial charge < -0.3 is 14.7 Å². The number of aryl methyl sites for hydroxylation is 2. The fraction of sp³-hybridized carbons (Fsp3) is 0.370. The number of aliphatic hydroxyl groups excluding tert-OH is 1. The maximum absolute atomic E-state index is 13.6. The van der Waals surface area contributed by atoms with Crippen molar-refractivity contribution in [2.24, 2.45) is 0 Å². The third-order valence-corrected chi connectivity index (χ3v) is 8.76. The molecule has 39 heavy (non-hydrogen) atoms. The van der Waals surface area contributed by atoms with Crippen molar-refractivity contribution in [2.45, 2.75) is 32.4 Å². The van der Waals surface area contributed by atoms with Crippen LogP contribution in [0.1, 0.15) is 44.0 Å². The summed E-state index contributed by atoms with van der Waals surface area (Å²) >= 11 is 1.19. The van der Waals surface area contributed by atoms with Gasteiger partial charge in [0.1, 0.15) is 28.0 Å². The van der Waals surface area contributed by atoms with E-state index in [2.05, 4.69) is 4.98 Å². The van der Waals surface area contributed by atoms with Crippen LogP contribution in [0.15, 0.2) is 48.5 Å². The van der Waals surface area contributed by atoms with Crippen molar-refractivity contribution in [2.75, 3.05) is 33.5 Å². The fourth-order valence-corrected chi connectivity index (χ4v) is 5.53. The van der Waals surface area contributed by atoms with Crippen LogP contribution in [0.2, 0.25) is 0 Å². The third-order valence-electron chi connectivity index (χ3n) is 6.06. The van der Waals surface area contributed by atoms with E-state index in [1.807, 2.05) is 0 Å². The number of carbonyl (C=O) groups excluding carboxylic acids is 2. The molecule has 1 aromatic heterocycles. The molecule has 3 aromatic rings. The molecule has 0 saturated heterocycles. The van der Waals surface area contributed by atoms with Gasteiger partial charge in [-0.25, -0.2) is 22.1 Å². The molecule has 0 bridgehead atoms. The average Bonchev–Trinajstić information content (AvgIpc) is 3.27. The molecule has 9 nitrogen and oxygen atoms in total. The van der Waals surface area contributed by atoms with E-state index in [4.69, 9.17) is 4.74 Å². The number of amides is 1. The predicted molar refractivity (Wildman–Crippen MR) is 147 cm³/mol. The number of aliphatic hydroxyl groups is 1. The molecule has 12 heteroatoms. The summed E-state index contributed by atoms with van der Waals surface area (Å²) < 4.78 is 44.1. The molecule has 1 N–H and O–H groups in total. The zero-order valence-electron chi connectivity index (χ0n) is 22.3. The van der Waals surface area contributed by atoms with E-state index in [9.17, 15) is 27.5 Å². The average molecular weight is 578 g/mol. The maximum Gasteiger partial charge on any atom is 0.256 e. The highest BCUT2D eigenvalue weighted by atomic mass is 32.2. The lowest BCUT2D eigenvalue weighted by molar-refractivity contribution is -0.141. The van der Waals surface area contributed by atoms with Crippen molar-refractivity contribution < 1.29 is 32.2 Å². The lowest BCUT2D eigenvalue weighted by Crippen LogP contribution is -2.35. The Bertz CT molecular complexity index is 1410. The molecule has 2 aromatic carbocycles. The third kappa shape index (κ3) is 8.15. The van der Waals surface area contributed by atoms with Crippen LogP contribution in [-0.4, -0.2) is 72.9 Å². The highest BCUT2D eigenvalue weighted by molar-refractivity contribution is 7.89. The van der Waals surface area contributed by atoms with Crippen LogP contribution in [0, 0.1) is 12.7 Å². The van der Waals surface area contributed by atoms with Crippen molar-refractivity contribution in [1.82, 2.24) is 14.2 Å². The standard InChI is InChI=1S/C27H32FN3O6S2/c1-18-25(23(32)17-39(35,36)30(2)3)29-24(38-18)16-31(14-6-8-19-7-5-9-21(28)15-19)27(34)26(33)20-10-12-22(37-4)13-11-20/h5,7,9-13,15,26,33H,6,8,14,16-17H2,1-4H3/t26-/m1/s1. The van der Waals surface area contributed by atoms with Crippen LogP contribution < -0.4 is 4.74 Å². The van der Waals surface area contributed by atoms with Crippen LogP contribution in [0.4, 0.5) is 4.39 Å². The quantitative estimate of drug-likeness (QED) is 0.310. The molecule has 210 valence electrons. The van der Waals surface area contributed by atoms with Crippen LogP contribution in [0.3, 0.4) is 0 Å². The number of benzene rings is 2. The lowest BCUT2D eigenvalue weighted by atomic mass is 10.1. The zero-order chi connectivity index (χ0) is 28.7. The first-order valence-electron chi connectivity index (χ1n) is 12.2. The van der Waals surface area contributed by atoms with E-state index in [1.165, 1.54) is 49.6 Å². The topological polar surface area (TPSA) is 117 Å². The van der Waals surface area contributed by atoms with Crippen molar-refractivity contribution in [3.05, 3.63) is 81.1 Å². The van der Waals surface area contributed by atoms with Crippen molar-refractivity contribution in [3.63, 3.8) is 0 Å². The van der Waals surface area contributed by atoms with Gasteiger partial charge in [0, 0.05) is 25.5 Å². The summed E-state index contributed by atoms with van der Waals surface area (Å²) in [6.07, 6.45) is -0.456. The molecule has 0 aliphatic heterocycles. The summed E-state index contributed by atoms with van der Waals surface area (Å²) in [5.41, 5.74) is 1.21. The Morgan fingerprint density at radius 1 is 1.15 bits per heavy atom. The van der Waals surface area contributed by atoms with Crippen molar-refractivity contribution in [3.8, 4) is 5.75 Å². The number of hydrogen-bond acceptors (Lipinski definition) is 8. The summed E-state index contributed by atoms with van der Waals surface area (Å²) in [6, 6.07) is 12.7. The first-order valence-corrected chi connectivity index (χ1v) is 14.6. The Labute approximate surface area is 231 Å². The Morgan fingerprint density at radius 2 is 1.85 bits per heavy atom. The van der Waals surface area contributed by atoms with E-state index in [1.54, 1.807) is 43.3 Å². The van der Waals surface area contributed by atoms with Gasteiger partial charge in [-0.1, -0.05) is 24.3 Å². The normalized spacial score (nSPS) is 12.4. The molecule has 1 atom stereocenters. The summed E-state index contributed by atoms with van der Waals surface area (Å²) in [4.78, 5) is 32.4. The van der Waals surface area contributed by atoms with Gasteiger partial charge in [-0.15, -0.1) is 11.3 Å². The van der Waals surface area contributed by atoms with Gasteiger partial charge in [0.2, 0.25) is 10.0 Å². The second-order valence-electron chi connectivity index (χ2n) is 9.14. The minimum absolute atomic E-state index is 0.00835. The van der Waals surface area contributed by atoms with Crippen LogP contribution >= 0.6 is 11.3 Å². The zero-order valence-corrected chi connectivity index (χ0v) is 23.9. The number of hydrogen-bond donors (Lipinski definition) is 1. The van der Waals surface area contributed by atoms with Crippen LogP contribution in [0.25, 0.3) is 0 Å². The molecule has 0 spiro atoms. The molecule has 1 amide bonds. The number of ketones is 1. The monoisotopic (exact) mass is 577 g/mol. The van der Waals surface area contributed by atoms with Gasteiger partial charge >= 0.3 is 0 Å². The molecule has 1 heterocycles. The second kappa shape index (κ2) is 13.2. The number of nitrogens with zero attached hydrogens (tertiary/aromatic N) is 3. The van der Waals surface area contributed by atoms with Crippen LogP contribution in [-0.2, 0) is 27.8 Å². The van der Waals surface area contributed by atoms with E-state index in [0.29, 0.717) is 34.0 Å². The molecular formula is C27H32FN3O6S2. The van der Waals surface area contributed by atoms with Crippen molar-refractivity contribution >= 4 is 33.1 Å². The predicted octanol–water partition coefficient (Wildman–Crippen LogP) is 3.37. The largest absolute Gasteiger partial charge is 0.497 e. The summed E-state index contributed by atoms with van der Waals surface area (Å²) in [7, 11) is 0.454. The van der Waals surface area contributed by atoms with Gasteiger partial charge in [-0.2, -0.15) is 0 Å². The van der Waals surface area contributed by atoms with E-state index >= 15 is 0 Å². The number of carbonyl (C=O) groups is 2. The number of Topliss-reactive ketones (excluding diaryl/α,β-unsaturated/α-hetero) is 1. The molecule has 0 saturated carbocycles. The van der Waals surface area contributed by atoms with Gasteiger partial charge in [-0.05, 0) is 55.2 Å². The minimum Gasteiger partial charge on any atom is -0.497 e. The number of methoxy groups -OCH3 is 1. The number of halogens is 1. The summed E-state index contributed by atoms with van der Waals surface area (Å²) in [5.74, 6) is -1.67. The molecule has 0 aliphatic rings. The Morgan fingerprint density at radius 3 is 2.46 bits per heavy atom. The summed E-state index contributed by atoms with van der Waals surface area (Å²) in [5, 5.41) is 11.3. The number of rotatable bonds is 13. The maximum atomic E-state index is 13.6. The fourth-order valence-electron chi connectivity index (χ4n) is 3.84. The van der Waals surface area contributed by atoms with Crippen LogP contribution in [0.5, 0.6) is 5.75 Å². The number of sulfonamides is 1. The number of aromatic nitrogens is 1. The van der Waals surface area contributed by atoms with Gasteiger partial charge in [0.25, 0.3) is 5.91 Å². The smallest absolute Gasteiger partial charge is 0.256 e. The van der Waals surface area contributed by atoms with E-state index in [-0.39, 0.29) is 24.6 Å². The van der Waals surface area contributed by atoms with Gasteiger partial charge in [0.15, 0.2) is 11.9 Å². The first-order chi connectivity index (χ1) is 18.4. The second-order valence-corrected chi connectivity index (χ2v) is 12.6. The Balaban J connectivity index is 1.81.